The quantitative estimate of drug-likeness (QED) is 0.648. The van der Waals surface area contributed by atoms with Crippen molar-refractivity contribution in [3.63, 3.8) is 0 Å². The van der Waals surface area contributed by atoms with Gasteiger partial charge in [-0.3, -0.25) is 14.9 Å². The van der Waals surface area contributed by atoms with Crippen LogP contribution in [0.15, 0.2) is 42.5 Å². The minimum atomic E-state index is -0.265. The van der Waals surface area contributed by atoms with Gasteiger partial charge in [-0.1, -0.05) is 23.7 Å². The number of thioether (sulfide) groups is 1. The molecule has 2 aromatic rings. The highest BCUT2D eigenvalue weighted by molar-refractivity contribution is 7.99. The van der Waals surface area contributed by atoms with Gasteiger partial charge >= 0.3 is 0 Å². The van der Waals surface area contributed by atoms with E-state index in [1.54, 1.807) is 30.0 Å². The van der Waals surface area contributed by atoms with Gasteiger partial charge < -0.3 is 20.1 Å². The maximum absolute atomic E-state index is 12.4. The summed E-state index contributed by atoms with van der Waals surface area (Å²) in [4.78, 5) is 24.5. The summed E-state index contributed by atoms with van der Waals surface area (Å²) >= 11 is 7.56. The zero-order valence-corrected chi connectivity index (χ0v) is 17.0. The van der Waals surface area contributed by atoms with Crippen molar-refractivity contribution in [1.82, 2.24) is 10.6 Å². The van der Waals surface area contributed by atoms with E-state index in [9.17, 15) is 9.59 Å². The number of benzene rings is 2. The van der Waals surface area contributed by atoms with E-state index in [0.717, 1.165) is 5.56 Å². The Hall–Kier alpha value is -2.42. The van der Waals surface area contributed by atoms with Crippen molar-refractivity contribution in [2.24, 2.45) is 0 Å². The number of carbonyl (C=O) groups is 2. The van der Waals surface area contributed by atoms with Crippen LogP contribution in [0.4, 0.5) is 5.69 Å². The topological polar surface area (TPSA) is 88.7 Å². The molecular weight excluding hydrogens is 414 g/mol. The lowest BCUT2D eigenvalue weighted by molar-refractivity contribution is -0.124. The van der Waals surface area contributed by atoms with Crippen LogP contribution < -0.4 is 25.4 Å². The van der Waals surface area contributed by atoms with Crippen LogP contribution in [0, 0.1) is 0 Å². The molecule has 9 heteroatoms. The number of nitrogens with one attached hydrogen (secondary N) is 3. The summed E-state index contributed by atoms with van der Waals surface area (Å²) in [6.45, 7) is 0.183. The van der Waals surface area contributed by atoms with Crippen LogP contribution >= 0.6 is 23.4 Å². The second-order valence-corrected chi connectivity index (χ2v) is 8.31. The molecule has 2 heterocycles. The van der Waals surface area contributed by atoms with Crippen LogP contribution in [0.5, 0.6) is 11.5 Å². The van der Waals surface area contributed by atoms with Crippen LogP contribution in [0.25, 0.3) is 0 Å². The maximum Gasteiger partial charge on any atom is 0.231 e. The van der Waals surface area contributed by atoms with Crippen molar-refractivity contribution < 1.29 is 19.1 Å². The van der Waals surface area contributed by atoms with Crippen LogP contribution in [-0.4, -0.2) is 30.1 Å². The fraction of sp³-hybridized carbons (Fsp3) is 0.300. The summed E-state index contributed by atoms with van der Waals surface area (Å²) in [7, 11) is 0. The van der Waals surface area contributed by atoms with Crippen molar-refractivity contribution in [3.8, 4) is 11.5 Å². The minimum Gasteiger partial charge on any atom is -0.454 e. The van der Waals surface area contributed by atoms with Crippen LogP contribution in [0.1, 0.15) is 18.4 Å². The molecule has 29 heavy (non-hydrogen) atoms. The molecule has 4 rings (SSSR count). The molecule has 2 amide bonds. The third-order valence-electron chi connectivity index (χ3n) is 4.50. The number of carbonyl (C=O) groups excluding carboxylic acids is 2. The highest BCUT2D eigenvalue weighted by atomic mass is 35.5. The summed E-state index contributed by atoms with van der Waals surface area (Å²) in [5.41, 5.74) is 1.44. The van der Waals surface area contributed by atoms with Gasteiger partial charge in [-0.25, -0.2) is 0 Å². The Morgan fingerprint density at radius 3 is 2.93 bits per heavy atom. The van der Waals surface area contributed by atoms with Crippen LogP contribution in [-0.2, 0) is 15.3 Å². The standard InChI is InChI=1S/C20H20ClN3O4S/c21-13-3-1-2-12(6-13)10-29-20-23-15(9-19(26)24-20)8-18(25)22-14-4-5-16-17(7-14)28-11-27-16/h1-7,15,20,23H,8-11H2,(H,22,25)(H,24,26). The molecule has 0 saturated carbocycles. The van der Waals surface area contributed by atoms with Gasteiger partial charge in [0, 0.05) is 41.4 Å². The zero-order chi connectivity index (χ0) is 20.2. The summed E-state index contributed by atoms with van der Waals surface area (Å²) < 4.78 is 10.6. The Morgan fingerprint density at radius 1 is 1.21 bits per heavy atom. The normalized spacial score (nSPS) is 20.2. The Bertz CT molecular complexity index is 926. The lowest BCUT2D eigenvalue weighted by Crippen LogP contribution is -2.55. The molecule has 0 radical (unpaired) electrons. The maximum atomic E-state index is 12.4. The molecule has 2 unspecified atom stereocenters. The molecule has 152 valence electrons. The number of halogens is 1. The SMILES string of the molecule is O=C(CC1CC(=O)NC(SCc2cccc(Cl)c2)N1)Nc1ccc2c(c1)OCO2. The summed E-state index contributed by atoms with van der Waals surface area (Å²) in [6, 6.07) is 12.6. The number of ether oxygens (including phenoxy) is 2. The molecule has 1 saturated heterocycles. The molecule has 2 aliphatic rings. The van der Waals surface area contributed by atoms with Gasteiger partial charge in [0.25, 0.3) is 0 Å². The molecule has 0 bridgehead atoms. The van der Waals surface area contributed by atoms with E-state index >= 15 is 0 Å². The van der Waals surface area contributed by atoms with Gasteiger partial charge in [-0.15, -0.1) is 11.8 Å². The summed E-state index contributed by atoms with van der Waals surface area (Å²) in [6.07, 6.45) is 0.443. The van der Waals surface area contributed by atoms with E-state index in [1.807, 2.05) is 24.3 Å². The van der Waals surface area contributed by atoms with Gasteiger partial charge in [-0.2, -0.15) is 0 Å². The molecule has 1 fully saturated rings. The van der Waals surface area contributed by atoms with Gasteiger partial charge in [0.15, 0.2) is 11.5 Å². The highest BCUT2D eigenvalue weighted by Crippen LogP contribution is 2.34. The molecule has 2 aromatic carbocycles. The molecule has 0 spiro atoms. The van der Waals surface area contributed by atoms with Crippen molar-refractivity contribution in [1.29, 1.82) is 0 Å². The number of rotatable bonds is 6. The number of anilines is 1. The number of fused-ring (bicyclic) bond motifs is 1. The summed E-state index contributed by atoms with van der Waals surface area (Å²) in [5.74, 6) is 1.71. The molecule has 2 aliphatic heterocycles. The predicted molar refractivity (Wildman–Crippen MR) is 112 cm³/mol. The first-order valence-electron chi connectivity index (χ1n) is 9.16. The van der Waals surface area contributed by atoms with E-state index in [-0.39, 0.29) is 43.0 Å². The molecule has 7 nitrogen and oxygen atoms in total. The molecular formula is C20H20ClN3O4S. The van der Waals surface area contributed by atoms with E-state index in [2.05, 4.69) is 16.0 Å². The van der Waals surface area contributed by atoms with Crippen LogP contribution in [0.3, 0.4) is 0 Å². The van der Waals surface area contributed by atoms with Gasteiger partial charge in [-0.05, 0) is 29.8 Å². The smallest absolute Gasteiger partial charge is 0.231 e. The number of amides is 2. The average Bonchev–Trinajstić information content (AvgIpc) is 3.14. The van der Waals surface area contributed by atoms with Gasteiger partial charge in [0.05, 0.1) is 0 Å². The first-order valence-corrected chi connectivity index (χ1v) is 10.6. The second kappa shape index (κ2) is 8.94. The molecule has 2 atom stereocenters. The highest BCUT2D eigenvalue weighted by Gasteiger charge is 2.27. The van der Waals surface area contributed by atoms with Crippen molar-refractivity contribution in [3.05, 3.63) is 53.1 Å². The molecule has 0 aromatic heterocycles. The Balaban J connectivity index is 1.29. The molecule has 3 N–H and O–H groups in total. The first kappa shape index (κ1) is 19.9. The van der Waals surface area contributed by atoms with Crippen LogP contribution in [0.2, 0.25) is 5.02 Å². The van der Waals surface area contributed by atoms with Crippen molar-refractivity contribution in [2.75, 3.05) is 12.1 Å². The van der Waals surface area contributed by atoms with Crippen molar-refractivity contribution >= 4 is 40.9 Å². The monoisotopic (exact) mass is 433 g/mol. The zero-order valence-electron chi connectivity index (χ0n) is 15.4. The van der Waals surface area contributed by atoms with E-state index in [1.165, 1.54) is 0 Å². The largest absolute Gasteiger partial charge is 0.454 e. The third-order valence-corrected chi connectivity index (χ3v) is 5.83. The Labute approximate surface area is 177 Å². The summed E-state index contributed by atoms with van der Waals surface area (Å²) in [5, 5.41) is 9.75. The van der Waals surface area contributed by atoms with E-state index in [0.29, 0.717) is 28.0 Å². The number of hydrogen-bond acceptors (Lipinski definition) is 6. The van der Waals surface area contributed by atoms with Gasteiger partial charge in [0.1, 0.15) is 5.50 Å². The lowest BCUT2D eigenvalue weighted by Gasteiger charge is -2.31. The third kappa shape index (κ3) is 5.35. The van der Waals surface area contributed by atoms with E-state index < -0.39 is 0 Å². The molecule has 0 aliphatic carbocycles. The average molecular weight is 434 g/mol. The fourth-order valence-electron chi connectivity index (χ4n) is 3.18. The van der Waals surface area contributed by atoms with E-state index in [4.69, 9.17) is 21.1 Å². The number of hydrogen-bond donors (Lipinski definition) is 3. The van der Waals surface area contributed by atoms with Crippen molar-refractivity contribution in [2.45, 2.75) is 30.1 Å². The minimum absolute atomic E-state index is 0.0757. The predicted octanol–water partition coefficient (Wildman–Crippen LogP) is 3.09. The lowest BCUT2D eigenvalue weighted by atomic mass is 10.1. The fourth-order valence-corrected chi connectivity index (χ4v) is 4.44. The Kier molecular flexibility index (Phi) is 6.13. The second-order valence-electron chi connectivity index (χ2n) is 6.78. The van der Waals surface area contributed by atoms with Gasteiger partial charge in [0.2, 0.25) is 18.6 Å². The Morgan fingerprint density at radius 2 is 2.07 bits per heavy atom. The first-order chi connectivity index (χ1) is 14.0.